The predicted octanol–water partition coefficient (Wildman–Crippen LogP) is 7.03. The first kappa shape index (κ1) is 20.1. The van der Waals surface area contributed by atoms with E-state index >= 15 is 0 Å². The lowest BCUT2D eigenvalue weighted by Crippen LogP contribution is -2.33. The summed E-state index contributed by atoms with van der Waals surface area (Å²) in [6.07, 6.45) is 7.12. The van der Waals surface area contributed by atoms with Crippen LogP contribution in [0.1, 0.15) is 18.1 Å². The zero-order valence-corrected chi connectivity index (χ0v) is 18.6. The van der Waals surface area contributed by atoms with Gasteiger partial charge in [0, 0.05) is 23.9 Å². The summed E-state index contributed by atoms with van der Waals surface area (Å²) in [7, 11) is 2.18. The molecule has 0 aliphatic carbocycles. The van der Waals surface area contributed by atoms with E-state index in [9.17, 15) is 0 Å². The summed E-state index contributed by atoms with van der Waals surface area (Å²) in [4.78, 5) is 4.58. The highest BCUT2D eigenvalue weighted by Crippen LogP contribution is 2.45. The van der Waals surface area contributed by atoms with Gasteiger partial charge in [-0.3, -0.25) is 4.99 Å². The minimum absolute atomic E-state index is 0.149. The molecule has 0 saturated heterocycles. The van der Waals surface area contributed by atoms with Crippen molar-refractivity contribution in [1.82, 2.24) is 0 Å². The Bertz CT molecular complexity index is 1350. The van der Waals surface area contributed by atoms with Gasteiger partial charge >= 0.3 is 0 Å². The van der Waals surface area contributed by atoms with Crippen LogP contribution in [0.5, 0.6) is 0 Å². The van der Waals surface area contributed by atoms with Gasteiger partial charge in [-0.25, -0.2) is 0 Å². The van der Waals surface area contributed by atoms with Crippen molar-refractivity contribution in [2.45, 2.75) is 18.8 Å². The van der Waals surface area contributed by atoms with Crippen LogP contribution in [0.3, 0.4) is 0 Å². The lowest BCUT2D eigenvalue weighted by molar-refractivity contribution is -0.401. The van der Waals surface area contributed by atoms with Gasteiger partial charge in [0.25, 0.3) is 0 Å². The van der Waals surface area contributed by atoms with Crippen molar-refractivity contribution < 1.29 is 4.58 Å². The zero-order chi connectivity index (χ0) is 22.0. The molecule has 0 radical (unpaired) electrons. The predicted molar refractivity (Wildman–Crippen MR) is 136 cm³/mol. The number of nitrogens with zero attached hydrogens (tertiary/aromatic N) is 2. The Hall–Kier alpha value is -3.78. The number of rotatable bonds is 5. The van der Waals surface area contributed by atoms with Gasteiger partial charge in [0.15, 0.2) is 5.71 Å². The monoisotopic (exact) mass is 415 g/mol. The molecule has 1 heterocycles. The molecule has 0 fully saturated rings. The highest BCUT2D eigenvalue weighted by molar-refractivity contribution is 6.09. The van der Waals surface area contributed by atoms with Crippen LogP contribution in [0.2, 0.25) is 0 Å². The second-order valence-corrected chi connectivity index (χ2v) is 8.59. The Morgan fingerprint density at radius 2 is 1.50 bits per heavy atom. The molecule has 5 rings (SSSR count). The van der Waals surface area contributed by atoms with Crippen LogP contribution in [-0.4, -0.2) is 23.5 Å². The SMILES string of the molecule is C[N+]1=C(C=CC=Nc2ccccc2)C(C)(Cc2ccccc2)c2c1ccc1ccccc21. The molecule has 1 aliphatic heterocycles. The maximum Gasteiger partial charge on any atom is 0.210 e. The molecule has 1 aliphatic rings. The molecule has 0 aromatic heterocycles. The third kappa shape index (κ3) is 3.58. The fraction of sp³-hybridized carbons (Fsp3) is 0.133. The molecule has 1 unspecified atom stereocenters. The standard InChI is InChI=1S/C30H27N2/c1-30(22-23-12-5-3-6-13-23)28(18-11-21-31-25-15-7-4-8-16-25)32(2)27-20-19-24-14-9-10-17-26(24)29(27)30/h3-21H,22H2,1-2H3/q+1. The van der Waals surface area contributed by atoms with E-state index in [0.717, 1.165) is 12.1 Å². The van der Waals surface area contributed by atoms with Crippen molar-refractivity contribution >= 4 is 34.1 Å². The van der Waals surface area contributed by atoms with E-state index in [-0.39, 0.29) is 5.41 Å². The molecule has 2 heteroatoms. The Morgan fingerprint density at radius 1 is 0.812 bits per heavy atom. The van der Waals surface area contributed by atoms with E-state index in [2.05, 4.69) is 102 Å². The molecule has 0 amide bonds. The summed E-state index contributed by atoms with van der Waals surface area (Å²) >= 11 is 0. The lowest BCUT2D eigenvalue weighted by atomic mass is 9.73. The van der Waals surface area contributed by atoms with Crippen LogP contribution < -0.4 is 0 Å². The molecule has 0 spiro atoms. The molecule has 0 bridgehead atoms. The summed E-state index contributed by atoms with van der Waals surface area (Å²) in [6, 6.07) is 34.1. The Morgan fingerprint density at radius 3 is 2.28 bits per heavy atom. The number of fused-ring (bicyclic) bond motifs is 3. The maximum atomic E-state index is 4.58. The van der Waals surface area contributed by atoms with Crippen molar-refractivity contribution in [2.75, 3.05) is 7.05 Å². The van der Waals surface area contributed by atoms with E-state index in [4.69, 9.17) is 0 Å². The van der Waals surface area contributed by atoms with E-state index in [1.165, 1.54) is 33.3 Å². The number of benzene rings is 4. The van der Waals surface area contributed by atoms with Gasteiger partial charge < -0.3 is 0 Å². The second kappa shape index (κ2) is 8.39. The van der Waals surface area contributed by atoms with Crippen LogP contribution in [-0.2, 0) is 11.8 Å². The molecule has 32 heavy (non-hydrogen) atoms. The highest BCUT2D eigenvalue weighted by Gasteiger charge is 2.47. The van der Waals surface area contributed by atoms with Gasteiger partial charge in [-0.2, -0.15) is 4.58 Å². The van der Waals surface area contributed by atoms with Crippen molar-refractivity contribution in [3.63, 3.8) is 0 Å². The van der Waals surface area contributed by atoms with E-state index in [0.29, 0.717) is 0 Å². The minimum Gasteiger partial charge on any atom is -0.257 e. The largest absolute Gasteiger partial charge is 0.257 e. The molecule has 2 nitrogen and oxygen atoms in total. The van der Waals surface area contributed by atoms with Crippen LogP contribution in [0, 0.1) is 0 Å². The quantitative estimate of drug-likeness (QED) is 0.246. The third-order valence-electron chi connectivity index (χ3n) is 6.47. The fourth-order valence-electron chi connectivity index (χ4n) is 5.00. The number of hydrogen-bond donors (Lipinski definition) is 0. The van der Waals surface area contributed by atoms with Gasteiger partial charge in [-0.15, -0.1) is 0 Å². The highest BCUT2D eigenvalue weighted by atomic mass is 15.0. The molecule has 156 valence electrons. The van der Waals surface area contributed by atoms with E-state index in [1.807, 2.05) is 36.5 Å². The molecular formula is C30H27N2+. The van der Waals surface area contributed by atoms with Gasteiger partial charge in [0.1, 0.15) is 7.05 Å². The van der Waals surface area contributed by atoms with Crippen molar-refractivity contribution in [2.24, 2.45) is 4.99 Å². The van der Waals surface area contributed by atoms with Crippen LogP contribution in [0.4, 0.5) is 11.4 Å². The summed E-state index contributed by atoms with van der Waals surface area (Å²) < 4.78 is 2.34. The van der Waals surface area contributed by atoms with Gasteiger partial charge in [-0.1, -0.05) is 72.8 Å². The molecule has 4 aromatic carbocycles. The van der Waals surface area contributed by atoms with Crippen molar-refractivity contribution in [3.8, 4) is 0 Å². The Balaban J connectivity index is 1.60. The summed E-state index contributed by atoms with van der Waals surface area (Å²) in [5.74, 6) is 0. The zero-order valence-electron chi connectivity index (χ0n) is 18.6. The first-order valence-corrected chi connectivity index (χ1v) is 11.1. The van der Waals surface area contributed by atoms with Crippen molar-refractivity contribution in [1.29, 1.82) is 0 Å². The average molecular weight is 416 g/mol. The first-order valence-electron chi connectivity index (χ1n) is 11.1. The van der Waals surface area contributed by atoms with Crippen LogP contribution >= 0.6 is 0 Å². The summed E-state index contributed by atoms with van der Waals surface area (Å²) in [6.45, 7) is 2.38. The maximum absolute atomic E-state index is 4.58. The van der Waals surface area contributed by atoms with E-state index < -0.39 is 0 Å². The Labute approximate surface area is 189 Å². The number of allylic oxidation sites excluding steroid dienone is 2. The van der Waals surface area contributed by atoms with Gasteiger partial charge in [0.2, 0.25) is 5.69 Å². The molecule has 1 atom stereocenters. The number of para-hydroxylation sites is 1. The summed E-state index contributed by atoms with van der Waals surface area (Å²) in [5.41, 5.74) is 6.12. The van der Waals surface area contributed by atoms with Crippen molar-refractivity contribution in [3.05, 3.63) is 120 Å². The smallest absolute Gasteiger partial charge is 0.210 e. The first-order chi connectivity index (χ1) is 15.7. The van der Waals surface area contributed by atoms with Gasteiger partial charge in [0.05, 0.1) is 11.1 Å². The lowest BCUT2D eigenvalue weighted by Gasteiger charge is -2.24. The third-order valence-corrected chi connectivity index (χ3v) is 6.47. The molecule has 0 N–H and O–H groups in total. The van der Waals surface area contributed by atoms with Crippen LogP contribution in [0.15, 0.2) is 114 Å². The topological polar surface area (TPSA) is 15.4 Å². The molecular weight excluding hydrogens is 388 g/mol. The normalized spacial score (nSPS) is 18.2. The molecule has 4 aromatic rings. The second-order valence-electron chi connectivity index (χ2n) is 8.59. The number of hydrogen-bond acceptors (Lipinski definition) is 1. The van der Waals surface area contributed by atoms with E-state index in [1.54, 1.807) is 0 Å². The summed E-state index contributed by atoms with van der Waals surface area (Å²) in [5, 5.41) is 2.62. The van der Waals surface area contributed by atoms with Crippen LogP contribution in [0.25, 0.3) is 10.8 Å². The van der Waals surface area contributed by atoms with Gasteiger partial charge in [-0.05, 0) is 54.0 Å². The minimum atomic E-state index is -0.149. The fourth-order valence-corrected chi connectivity index (χ4v) is 5.00. The number of aliphatic imine (C=N–C) groups is 1. The Kier molecular flexibility index (Phi) is 5.28. The molecule has 0 saturated carbocycles. The average Bonchev–Trinajstić information content (AvgIpc) is 3.04.